The number of carbonyl (C=O) groups excluding carboxylic acids is 1. The lowest BCUT2D eigenvalue weighted by atomic mass is 10.1. The molecule has 0 saturated carbocycles. The van der Waals surface area contributed by atoms with Crippen LogP contribution in [0.5, 0.6) is 0 Å². The van der Waals surface area contributed by atoms with E-state index in [0.717, 1.165) is 32.5 Å². The second-order valence-corrected chi connectivity index (χ2v) is 4.34. The zero-order valence-corrected chi connectivity index (χ0v) is 9.44. The molecule has 0 bridgehead atoms. The van der Waals surface area contributed by atoms with Gasteiger partial charge < -0.3 is 14.6 Å². The molecule has 14 heavy (non-hydrogen) atoms. The van der Waals surface area contributed by atoms with Crippen LogP contribution in [0.2, 0.25) is 0 Å². The Hall–Kier alpha value is -0.450. The third kappa shape index (κ3) is 3.36. The van der Waals surface area contributed by atoms with Gasteiger partial charge in [0.1, 0.15) is 6.29 Å². The number of aldehydes is 1. The largest absolute Gasteiger partial charge is 0.308 e. The lowest BCUT2D eigenvalue weighted by Gasteiger charge is -2.40. The van der Waals surface area contributed by atoms with Gasteiger partial charge in [-0.15, -0.1) is 0 Å². The Morgan fingerprint density at radius 2 is 2.14 bits per heavy atom. The highest BCUT2D eigenvalue weighted by molar-refractivity contribution is 5.52. The molecule has 1 rings (SSSR count). The maximum atomic E-state index is 10.5. The molecular weight excluding hydrogens is 178 g/mol. The molecule has 82 valence electrons. The van der Waals surface area contributed by atoms with E-state index in [2.05, 4.69) is 35.8 Å². The van der Waals surface area contributed by atoms with Crippen LogP contribution >= 0.6 is 0 Å². The van der Waals surface area contributed by atoms with Crippen LogP contribution < -0.4 is 0 Å². The van der Waals surface area contributed by atoms with Crippen molar-refractivity contribution in [3.8, 4) is 0 Å². The van der Waals surface area contributed by atoms with Crippen LogP contribution in [0.1, 0.15) is 0 Å². The molecule has 1 atom stereocenters. The maximum absolute atomic E-state index is 10.5. The summed E-state index contributed by atoms with van der Waals surface area (Å²) in [5.74, 6) is 0. The molecule has 1 fully saturated rings. The summed E-state index contributed by atoms with van der Waals surface area (Å²) in [6.07, 6.45) is 1.01. The van der Waals surface area contributed by atoms with E-state index in [-0.39, 0.29) is 0 Å². The van der Waals surface area contributed by atoms with Crippen molar-refractivity contribution in [1.29, 1.82) is 0 Å². The topological polar surface area (TPSA) is 26.8 Å². The van der Waals surface area contributed by atoms with Crippen LogP contribution in [0.4, 0.5) is 0 Å². The van der Waals surface area contributed by atoms with E-state index in [1.54, 1.807) is 0 Å². The van der Waals surface area contributed by atoms with Gasteiger partial charge in [-0.2, -0.15) is 0 Å². The van der Waals surface area contributed by atoms with Crippen molar-refractivity contribution < 1.29 is 4.79 Å². The summed E-state index contributed by atoms with van der Waals surface area (Å²) in [6.45, 7) is 4.74. The molecule has 1 saturated heterocycles. The predicted octanol–water partition coefficient (Wildman–Crippen LogP) is -0.637. The Kier molecular flexibility index (Phi) is 4.51. The first-order valence-corrected chi connectivity index (χ1v) is 5.14. The first-order valence-electron chi connectivity index (χ1n) is 5.14. The number of hydrogen-bond donors (Lipinski definition) is 0. The average Bonchev–Trinajstić information content (AvgIpc) is 2.09. The lowest BCUT2D eigenvalue weighted by molar-refractivity contribution is -0.110. The SMILES string of the molecule is CN(C)CC1CN(C)CCN1CC=O. The van der Waals surface area contributed by atoms with E-state index in [1.807, 2.05) is 0 Å². The van der Waals surface area contributed by atoms with Crippen LogP contribution in [0.15, 0.2) is 0 Å². The monoisotopic (exact) mass is 199 g/mol. The van der Waals surface area contributed by atoms with Gasteiger partial charge in [0.05, 0.1) is 6.54 Å². The fourth-order valence-electron chi connectivity index (χ4n) is 1.98. The normalized spacial score (nSPS) is 25.6. The summed E-state index contributed by atoms with van der Waals surface area (Å²) in [7, 11) is 6.29. The van der Waals surface area contributed by atoms with Crippen LogP contribution in [-0.2, 0) is 4.79 Å². The minimum Gasteiger partial charge on any atom is -0.308 e. The molecule has 0 N–H and O–H groups in total. The fourth-order valence-corrected chi connectivity index (χ4v) is 1.98. The Labute approximate surface area is 86.5 Å². The van der Waals surface area contributed by atoms with Gasteiger partial charge in [0, 0.05) is 32.2 Å². The van der Waals surface area contributed by atoms with Crippen molar-refractivity contribution >= 4 is 6.29 Å². The van der Waals surface area contributed by atoms with Gasteiger partial charge in [0.2, 0.25) is 0 Å². The molecule has 0 amide bonds. The molecule has 0 spiro atoms. The summed E-state index contributed by atoms with van der Waals surface area (Å²) >= 11 is 0. The van der Waals surface area contributed by atoms with E-state index in [4.69, 9.17) is 0 Å². The lowest BCUT2D eigenvalue weighted by Crippen LogP contribution is -2.55. The molecular formula is C10H21N3O. The first kappa shape index (κ1) is 11.6. The Balaban J connectivity index is 2.49. The minimum absolute atomic E-state index is 0.494. The summed E-state index contributed by atoms with van der Waals surface area (Å²) < 4.78 is 0. The molecule has 1 heterocycles. The van der Waals surface area contributed by atoms with Gasteiger partial charge in [-0.25, -0.2) is 0 Å². The van der Waals surface area contributed by atoms with E-state index in [0.29, 0.717) is 12.6 Å². The summed E-state index contributed by atoms with van der Waals surface area (Å²) in [6, 6.07) is 0.494. The molecule has 4 nitrogen and oxygen atoms in total. The van der Waals surface area contributed by atoms with E-state index >= 15 is 0 Å². The van der Waals surface area contributed by atoms with Gasteiger partial charge in [0.15, 0.2) is 0 Å². The highest BCUT2D eigenvalue weighted by Crippen LogP contribution is 2.07. The Bertz CT molecular complexity index is 182. The number of rotatable bonds is 4. The summed E-state index contributed by atoms with van der Waals surface area (Å²) in [5.41, 5.74) is 0. The van der Waals surface area contributed by atoms with Crippen molar-refractivity contribution in [1.82, 2.24) is 14.7 Å². The van der Waals surface area contributed by atoms with E-state index in [9.17, 15) is 4.79 Å². The van der Waals surface area contributed by atoms with Crippen molar-refractivity contribution in [2.75, 3.05) is 53.9 Å². The van der Waals surface area contributed by atoms with Crippen molar-refractivity contribution in [3.63, 3.8) is 0 Å². The maximum Gasteiger partial charge on any atom is 0.133 e. The molecule has 0 aromatic heterocycles. The molecule has 1 unspecified atom stereocenters. The summed E-state index contributed by atoms with van der Waals surface area (Å²) in [5, 5.41) is 0. The van der Waals surface area contributed by atoms with Gasteiger partial charge in [0.25, 0.3) is 0 Å². The molecule has 1 aliphatic rings. The third-order valence-electron chi connectivity index (χ3n) is 2.69. The highest BCUT2D eigenvalue weighted by atomic mass is 16.1. The van der Waals surface area contributed by atoms with Crippen LogP contribution in [0.25, 0.3) is 0 Å². The van der Waals surface area contributed by atoms with Crippen molar-refractivity contribution in [2.45, 2.75) is 6.04 Å². The number of piperazine rings is 1. The summed E-state index contributed by atoms with van der Waals surface area (Å²) in [4.78, 5) is 17.3. The second-order valence-electron chi connectivity index (χ2n) is 4.34. The van der Waals surface area contributed by atoms with Gasteiger partial charge in [-0.3, -0.25) is 4.90 Å². The molecule has 0 radical (unpaired) electrons. The number of hydrogen-bond acceptors (Lipinski definition) is 4. The quantitative estimate of drug-likeness (QED) is 0.563. The van der Waals surface area contributed by atoms with Gasteiger partial charge in [-0.1, -0.05) is 0 Å². The zero-order valence-electron chi connectivity index (χ0n) is 9.44. The molecule has 1 aliphatic heterocycles. The molecule has 4 heteroatoms. The molecule has 0 aromatic carbocycles. The number of nitrogens with zero attached hydrogens (tertiary/aromatic N) is 3. The zero-order chi connectivity index (χ0) is 10.6. The molecule has 0 aliphatic carbocycles. The minimum atomic E-state index is 0.494. The Morgan fingerprint density at radius 1 is 1.43 bits per heavy atom. The average molecular weight is 199 g/mol. The van der Waals surface area contributed by atoms with Crippen LogP contribution in [-0.4, -0.2) is 80.9 Å². The van der Waals surface area contributed by atoms with E-state index in [1.165, 1.54) is 0 Å². The highest BCUT2D eigenvalue weighted by Gasteiger charge is 2.24. The van der Waals surface area contributed by atoms with Crippen LogP contribution in [0.3, 0.4) is 0 Å². The smallest absolute Gasteiger partial charge is 0.133 e. The standard InChI is InChI=1S/C10H21N3O/c1-11(2)8-10-9-12(3)4-5-13(10)6-7-14/h7,10H,4-6,8-9H2,1-3H3. The fraction of sp³-hybridized carbons (Fsp3) is 0.900. The van der Waals surface area contributed by atoms with E-state index < -0.39 is 0 Å². The number of likely N-dealkylation sites (N-methyl/N-ethyl adjacent to an activating group) is 2. The van der Waals surface area contributed by atoms with Gasteiger partial charge in [-0.05, 0) is 21.1 Å². The Morgan fingerprint density at radius 3 is 2.71 bits per heavy atom. The van der Waals surface area contributed by atoms with Gasteiger partial charge >= 0.3 is 0 Å². The van der Waals surface area contributed by atoms with Crippen molar-refractivity contribution in [3.05, 3.63) is 0 Å². The third-order valence-corrected chi connectivity index (χ3v) is 2.69. The van der Waals surface area contributed by atoms with Crippen molar-refractivity contribution in [2.24, 2.45) is 0 Å². The second kappa shape index (κ2) is 5.44. The van der Waals surface area contributed by atoms with Crippen LogP contribution in [0, 0.1) is 0 Å². The predicted molar refractivity (Wildman–Crippen MR) is 57.5 cm³/mol. The first-order chi connectivity index (χ1) is 6.63. The number of carbonyl (C=O) groups is 1. The molecule has 0 aromatic rings.